The second-order valence-electron chi connectivity index (χ2n) is 4.66. The first kappa shape index (κ1) is 13.9. The van der Waals surface area contributed by atoms with Crippen LogP contribution in [0.4, 0.5) is 0 Å². The zero-order chi connectivity index (χ0) is 13.5. The minimum atomic E-state index is 0.512. The predicted octanol–water partition coefficient (Wildman–Crippen LogP) is 2.05. The molecule has 4 nitrogen and oxygen atoms in total. The van der Waals surface area contributed by atoms with Crippen LogP contribution in [0.2, 0.25) is 0 Å². The van der Waals surface area contributed by atoms with Gasteiger partial charge in [0.1, 0.15) is 12.4 Å². The monoisotopic (exact) mass is 260 g/mol. The second-order valence-corrected chi connectivity index (χ2v) is 4.66. The predicted molar refractivity (Wildman–Crippen MR) is 73.1 cm³/mol. The normalized spacial score (nSPS) is 19.9. The Morgan fingerprint density at radius 3 is 2.89 bits per heavy atom. The van der Waals surface area contributed by atoms with Crippen molar-refractivity contribution in [1.29, 1.82) is 5.26 Å². The number of morpholine rings is 1. The molecule has 1 heterocycles. The van der Waals surface area contributed by atoms with Gasteiger partial charge in [0.2, 0.25) is 0 Å². The molecular formula is C15H20N2O2. The SMILES string of the molecule is CCC1COCCN1CCOc1ccc(C#N)cc1. The largest absolute Gasteiger partial charge is 0.492 e. The molecular weight excluding hydrogens is 240 g/mol. The Bertz CT molecular complexity index is 425. The summed E-state index contributed by atoms with van der Waals surface area (Å²) in [4.78, 5) is 2.42. The lowest BCUT2D eigenvalue weighted by Crippen LogP contribution is -2.46. The summed E-state index contributed by atoms with van der Waals surface area (Å²) >= 11 is 0. The van der Waals surface area contributed by atoms with Gasteiger partial charge in [-0.3, -0.25) is 4.90 Å². The van der Waals surface area contributed by atoms with Crippen molar-refractivity contribution in [2.75, 3.05) is 32.9 Å². The molecule has 2 rings (SSSR count). The van der Waals surface area contributed by atoms with Crippen LogP contribution in [0.3, 0.4) is 0 Å². The molecule has 1 aromatic carbocycles. The molecule has 1 aliphatic heterocycles. The summed E-state index contributed by atoms with van der Waals surface area (Å²) in [5.74, 6) is 0.820. The lowest BCUT2D eigenvalue weighted by molar-refractivity contribution is -0.0132. The highest BCUT2D eigenvalue weighted by atomic mass is 16.5. The first-order valence-electron chi connectivity index (χ1n) is 6.78. The van der Waals surface area contributed by atoms with Gasteiger partial charge in [0.25, 0.3) is 0 Å². The van der Waals surface area contributed by atoms with E-state index in [9.17, 15) is 0 Å². The summed E-state index contributed by atoms with van der Waals surface area (Å²) < 4.78 is 11.2. The maximum absolute atomic E-state index is 8.72. The van der Waals surface area contributed by atoms with Crippen LogP contribution in [0.1, 0.15) is 18.9 Å². The number of benzene rings is 1. The molecule has 4 heteroatoms. The number of hydrogen-bond acceptors (Lipinski definition) is 4. The van der Waals surface area contributed by atoms with Crippen LogP contribution in [0.15, 0.2) is 24.3 Å². The molecule has 0 aliphatic carbocycles. The van der Waals surface area contributed by atoms with E-state index in [0.29, 0.717) is 18.2 Å². The highest BCUT2D eigenvalue weighted by Crippen LogP contribution is 2.13. The smallest absolute Gasteiger partial charge is 0.119 e. The van der Waals surface area contributed by atoms with Gasteiger partial charge in [-0.05, 0) is 30.7 Å². The van der Waals surface area contributed by atoms with Gasteiger partial charge in [-0.1, -0.05) is 6.92 Å². The molecule has 1 aromatic rings. The molecule has 0 N–H and O–H groups in total. The highest BCUT2D eigenvalue weighted by molar-refractivity contribution is 5.34. The van der Waals surface area contributed by atoms with E-state index in [4.69, 9.17) is 14.7 Å². The maximum Gasteiger partial charge on any atom is 0.119 e. The van der Waals surface area contributed by atoms with E-state index in [1.54, 1.807) is 12.1 Å². The van der Waals surface area contributed by atoms with Crippen LogP contribution < -0.4 is 4.74 Å². The Hall–Kier alpha value is -1.57. The second kappa shape index (κ2) is 7.13. The van der Waals surface area contributed by atoms with Gasteiger partial charge in [-0.2, -0.15) is 5.26 Å². The average molecular weight is 260 g/mol. The lowest BCUT2D eigenvalue weighted by Gasteiger charge is -2.34. The van der Waals surface area contributed by atoms with Crippen LogP contribution >= 0.6 is 0 Å². The third-order valence-corrected chi connectivity index (χ3v) is 3.45. The molecule has 0 spiro atoms. The van der Waals surface area contributed by atoms with Gasteiger partial charge in [-0.15, -0.1) is 0 Å². The van der Waals surface area contributed by atoms with E-state index in [1.165, 1.54) is 0 Å². The van der Waals surface area contributed by atoms with Crippen LogP contribution in [0.25, 0.3) is 0 Å². The Morgan fingerprint density at radius 1 is 1.42 bits per heavy atom. The van der Waals surface area contributed by atoms with Crippen molar-refractivity contribution in [3.63, 3.8) is 0 Å². The van der Waals surface area contributed by atoms with E-state index in [-0.39, 0.29) is 0 Å². The fourth-order valence-corrected chi connectivity index (χ4v) is 2.27. The molecule has 102 valence electrons. The van der Waals surface area contributed by atoms with Crippen LogP contribution in [0.5, 0.6) is 5.75 Å². The topological polar surface area (TPSA) is 45.5 Å². The van der Waals surface area contributed by atoms with E-state index < -0.39 is 0 Å². The minimum absolute atomic E-state index is 0.512. The van der Waals surface area contributed by atoms with Crippen molar-refractivity contribution < 1.29 is 9.47 Å². The lowest BCUT2D eigenvalue weighted by atomic mass is 10.2. The summed E-state index contributed by atoms with van der Waals surface area (Å²) in [6.07, 6.45) is 1.11. The van der Waals surface area contributed by atoms with Crippen molar-refractivity contribution in [3.8, 4) is 11.8 Å². The Labute approximate surface area is 114 Å². The molecule has 1 aliphatic rings. The first-order chi connectivity index (χ1) is 9.33. The van der Waals surface area contributed by atoms with Gasteiger partial charge in [0.15, 0.2) is 0 Å². The molecule has 1 atom stereocenters. The molecule has 1 fully saturated rings. The van der Waals surface area contributed by atoms with E-state index in [1.807, 2.05) is 12.1 Å². The molecule has 0 bridgehead atoms. The highest BCUT2D eigenvalue weighted by Gasteiger charge is 2.20. The summed E-state index contributed by atoms with van der Waals surface area (Å²) in [6, 6.07) is 9.85. The molecule has 0 saturated carbocycles. The Kier molecular flexibility index (Phi) is 5.20. The molecule has 1 saturated heterocycles. The fourth-order valence-electron chi connectivity index (χ4n) is 2.27. The first-order valence-corrected chi connectivity index (χ1v) is 6.78. The molecule has 1 unspecified atom stereocenters. The number of rotatable bonds is 5. The van der Waals surface area contributed by atoms with Crippen molar-refractivity contribution >= 4 is 0 Å². The minimum Gasteiger partial charge on any atom is -0.492 e. The number of ether oxygens (including phenoxy) is 2. The molecule has 0 amide bonds. The van der Waals surface area contributed by atoms with E-state index in [2.05, 4.69) is 17.9 Å². The van der Waals surface area contributed by atoms with Crippen LogP contribution in [0, 0.1) is 11.3 Å². The van der Waals surface area contributed by atoms with Crippen LogP contribution in [-0.2, 0) is 4.74 Å². The Balaban J connectivity index is 1.77. The molecule has 19 heavy (non-hydrogen) atoms. The summed E-state index contributed by atoms with van der Waals surface area (Å²) in [5, 5.41) is 8.72. The van der Waals surface area contributed by atoms with Crippen molar-refractivity contribution in [3.05, 3.63) is 29.8 Å². The quantitative estimate of drug-likeness (QED) is 0.813. The molecule has 0 aromatic heterocycles. The number of nitrogens with zero attached hydrogens (tertiary/aromatic N) is 2. The fraction of sp³-hybridized carbons (Fsp3) is 0.533. The van der Waals surface area contributed by atoms with Crippen molar-refractivity contribution in [2.45, 2.75) is 19.4 Å². The van der Waals surface area contributed by atoms with Crippen LogP contribution in [-0.4, -0.2) is 43.9 Å². The van der Waals surface area contributed by atoms with Gasteiger partial charge in [0, 0.05) is 19.1 Å². The van der Waals surface area contributed by atoms with Gasteiger partial charge < -0.3 is 9.47 Å². The van der Waals surface area contributed by atoms with E-state index in [0.717, 1.165) is 38.5 Å². The standard InChI is InChI=1S/C15H20N2O2/c1-2-14-12-18-9-7-17(14)8-10-19-15-5-3-13(11-16)4-6-15/h3-6,14H,2,7-10,12H2,1H3. The Morgan fingerprint density at radius 2 is 2.21 bits per heavy atom. The summed E-state index contributed by atoms with van der Waals surface area (Å²) in [7, 11) is 0. The number of nitriles is 1. The maximum atomic E-state index is 8.72. The molecule has 0 radical (unpaired) electrons. The average Bonchev–Trinajstić information content (AvgIpc) is 2.48. The summed E-state index contributed by atoms with van der Waals surface area (Å²) in [6.45, 7) is 6.40. The third kappa shape index (κ3) is 3.95. The van der Waals surface area contributed by atoms with Gasteiger partial charge in [0.05, 0.1) is 24.8 Å². The van der Waals surface area contributed by atoms with Gasteiger partial charge in [-0.25, -0.2) is 0 Å². The number of hydrogen-bond donors (Lipinski definition) is 0. The van der Waals surface area contributed by atoms with Gasteiger partial charge >= 0.3 is 0 Å². The zero-order valence-corrected chi connectivity index (χ0v) is 11.3. The zero-order valence-electron chi connectivity index (χ0n) is 11.3. The van der Waals surface area contributed by atoms with Crippen molar-refractivity contribution in [1.82, 2.24) is 4.90 Å². The third-order valence-electron chi connectivity index (χ3n) is 3.45. The van der Waals surface area contributed by atoms with Crippen molar-refractivity contribution in [2.24, 2.45) is 0 Å². The van der Waals surface area contributed by atoms with E-state index >= 15 is 0 Å². The summed E-state index contributed by atoms with van der Waals surface area (Å²) in [5.41, 5.74) is 0.659.